The van der Waals surface area contributed by atoms with Gasteiger partial charge in [0, 0.05) is 43.3 Å². The van der Waals surface area contributed by atoms with Crippen LogP contribution in [0.3, 0.4) is 0 Å². The van der Waals surface area contributed by atoms with E-state index in [0.717, 1.165) is 24.0 Å². The van der Waals surface area contributed by atoms with Crippen LogP contribution in [0.4, 0.5) is 0 Å². The summed E-state index contributed by atoms with van der Waals surface area (Å²) in [7, 11) is 0. The van der Waals surface area contributed by atoms with E-state index in [-0.39, 0.29) is 0 Å². The summed E-state index contributed by atoms with van der Waals surface area (Å²) in [5.74, 6) is 0.936. The molecular weight excluding hydrogens is 258 g/mol. The van der Waals surface area contributed by atoms with Gasteiger partial charge in [-0.05, 0) is 66.0 Å². The van der Waals surface area contributed by atoms with E-state index in [2.05, 4.69) is 49.3 Å². The third-order valence-electron chi connectivity index (χ3n) is 6.60. The molecular formula is C18H35N3. The van der Waals surface area contributed by atoms with Gasteiger partial charge in [-0.1, -0.05) is 6.92 Å². The Morgan fingerprint density at radius 3 is 1.90 bits per heavy atom. The molecule has 21 heavy (non-hydrogen) atoms. The third kappa shape index (κ3) is 3.02. The Morgan fingerprint density at radius 1 is 0.810 bits per heavy atom. The van der Waals surface area contributed by atoms with Gasteiger partial charge in [0.1, 0.15) is 0 Å². The van der Waals surface area contributed by atoms with Gasteiger partial charge in [0.15, 0.2) is 0 Å². The Morgan fingerprint density at radius 2 is 1.38 bits per heavy atom. The largest absolute Gasteiger partial charge is 0.299 e. The molecule has 0 spiro atoms. The lowest BCUT2D eigenvalue weighted by Gasteiger charge is -2.45. The van der Waals surface area contributed by atoms with Crippen molar-refractivity contribution >= 4 is 0 Å². The van der Waals surface area contributed by atoms with Crippen LogP contribution in [0.25, 0.3) is 0 Å². The van der Waals surface area contributed by atoms with E-state index in [1.807, 2.05) is 0 Å². The van der Waals surface area contributed by atoms with Crippen molar-refractivity contribution in [3.63, 3.8) is 0 Å². The molecule has 0 aromatic carbocycles. The van der Waals surface area contributed by atoms with Gasteiger partial charge >= 0.3 is 0 Å². The van der Waals surface area contributed by atoms with E-state index in [1.54, 1.807) is 0 Å². The van der Waals surface area contributed by atoms with Crippen LogP contribution >= 0.6 is 0 Å². The van der Waals surface area contributed by atoms with Gasteiger partial charge in [0.2, 0.25) is 0 Å². The third-order valence-corrected chi connectivity index (χ3v) is 6.60. The molecule has 3 heteroatoms. The molecule has 3 rings (SSSR count). The molecule has 0 aromatic heterocycles. The summed E-state index contributed by atoms with van der Waals surface area (Å²) in [4.78, 5) is 8.30. The summed E-state index contributed by atoms with van der Waals surface area (Å²) in [5, 5.41) is 0. The fourth-order valence-electron chi connectivity index (χ4n) is 4.88. The lowest BCUT2D eigenvalue weighted by molar-refractivity contribution is 0.0305. The SMILES string of the molecule is CC1CCN(C(C)C(C)N2CC3CC2CN3C(C)C)CC1. The quantitative estimate of drug-likeness (QED) is 0.789. The maximum absolute atomic E-state index is 2.83. The van der Waals surface area contributed by atoms with Crippen LogP contribution in [0.2, 0.25) is 0 Å². The summed E-state index contributed by atoms with van der Waals surface area (Å²) in [6, 6.07) is 3.79. The molecule has 3 fully saturated rings. The lowest BCUT2D eigenvalue weighted by Crippen LogP contribution is -2.57. The van der Waals surface area contributed by atoms with Crippen LogP contribution in [0, 0.1) is 5.92 Å². The number of nitrogens with zero attached hydrogens (tertiary/aromatic N) is 3. The van der Waals surface area contributed by atoms with Crippen molar-refractivity contribution in [1.29, 1.82) is 0 Å². The molecule has 3 heterocycles. The van der Waals surface area contributed by atoms with Crippen molar-refractivity contribution in [2.75, 3.05) is 26.2 Å². The average Bonchev–Trinajstić information content (AvgIpc) is 3.06. The van der Waals surface area contributed by atoms with Crippen molar-refractivity contribution in [3.05, 3.63) is 0 Å². The predicted molar refractivity (Wildman–Crippen MR) is 89.6 cm³/mol. The molecule has 0 amide bonds. The molecule has 3 aliphatic heterocycles. The molecule has 2 bridgehead atoms. The Balaban J connectivity index is 1.56. The van der Waals surface area contributed by atoms with Crippen LogP contribution in [-0.2, 0) is 0 Å². The minimum Gasteiger partial charge on any atom is -0.299 e. The second-order valence-corrected chi connectivity index (χ2v) is 8.23. The number of hydrogen-bond donors (Lipinski definition) is 0. The molecule has 4 unspecified atom stereocenters. The first-order valence-corrected chi connectivity index (χ1v) is 9.23. The number of piperazine rings is 1. The zero-order valence-electron chi connectivity index (χ0n) is 14.8. The molecule has 0 N–H and O–H groups in total. The van der Waals surface area contributed by atoms with Crippen LogP contribution in [0.1, 0.15) is 53.9 Å². The van der Waals surface area contributed by atoms with E-state index in [0.29, 0.717) is 12.1 Å². The molecule has 3 saturated heterocycles. The maximum atomic E-state index is 2.83. The molecule has 3 aliphatic rings. The van der Waals surface area contributed by atoms with E-state index in [4.69, 9.17) is 0 Å². The van der Waals surface area contributed by atoms with Crippen LogP contribution < -0.4 is 0 Å². The highest BCUT2D eigenvalue weighted by Gasteiger charge is 2.46. The number of piperidine rings is 1. The Hall–Kier alpha value is -0.120. The molecule has 0 aliphatic carbocycles. The highest BCUT2D eigenvalue weighted by atomic mass is 15.4. The molecule has 0 saturated carbocycles. The molecule has 0 aromatic rings. The first-order chi connectivity index (χ1) is 9.97. The fourth-order valence-corrected chi connectivity index (χ4v) is 4.88. The van der Waals surface area contributed by atoms with Crippen molar-refractivity contribution in [2.45, 2.75) is 84.1 Å². The summed E-state index contributed by atoms with van der Waals surface area (Å²) in [5.41, 5.74) is 0. The van der Waals surface area contributed by atoms with Crippen molar-refractivity contribution in [2.24, 2.45) is 5.92 Å². The molecule has 3 nitrogen and oxygen atoms in total. The van der Waals surface area contributed by atoms with Crippen molar-refractivity contribution in [3.8, 4) is 0 Å². The highest BCUT2D eigenvalue weighted by molar-refractivity contribution is 5.03. The van der Waals surface area contributed by atoms with E-state index in [9.17, 15) is 0 Å². The topological polar surface area (TPSA) is 9.72 Å². The van der Waals surface area contributed by atoms with E-state index >= 15 is 0 Å². The zero-order chi connectivity index (χ0) is 15.1. The number of fused-ring (bicyclic) bond motifs is 2. The summed E-state index contributed by atoms with van der Waals surface area (Å²) >= 11 is 0. The van der Waals surface area contributed by atoms with E-state index < -0.39 is 0 Å². The molecule has 0 radical (unpaired) electrons. The Bertz CT molecular complexity index is 348. The monoisotopic (exact) mass is 293 g/mol. The first-order valence-electron chi connectivity index (χ1n) is 9.23. The minimum atomic E-state index is 0.711. The van der Waals surface area contributed by atoms with Gasteiger partial charge in [-0.2, -0.15) is 0 Å². The van der Waals surface area contributed by atoms with E-state index in [1.165, 1.54) is 45.4 Å². The normalized spacial score (nSPS) is 35.7. The number of rotatable bonds is 4. The maximum Gasteiger partial charge on any atom is 0.0242 e. The Labute approximate surface area is 131 Å². The smallest absolute Gasteiger partial charge is 0.0242 e. The average molecular weight is 293 g/mol. The standard InChI is InChI=1S/C18H35N3/c1-13(2)20-11-18-10-17(20)12-21(18)16(5)15(4)19-8-6-14(3)7-9-19/h13-18H,6-12H2,1-5H3. The van der Waals surface area contributed by atoms with Crippen LogP contribution in [0.15, 0.2) is 0 Å². The summed E-state index contributed by atoms with van der Waals surface area (Å²) < 4.78 is 0. The van der Waals surface area contributed by atoms with Gasteiger partial charge in [0.05, 0.1) is 0 Å². The fraction of sp³-hybridized carbons (Fsp3) is 1.00. The van der Waals surface area contributed by atoms with Crippen LogP contribution in [0.5, 0.6) is 0 Å². The zero-order valence-corrected chi connectivity index (χ0v) is 14.8. The van der Waals surface area contributed by atoms with Gasteiger partial charge in [-0.15, -0.1) is 0 Å². The highest BCUT2D eigenvalue weighted by Crippen LogP contribution is 2.35. The second-order valence-electron chi connectivity index (χ2n) is 8.23. The van der Waals surface area contributed by atoms with Crippen molar-refractivity contribution in [1.82, 2.24) is 14.7 Å². The van der Waals surface area contributed by atoms with Crippen molar-refractivity contribution < 1.29 is 0 Å². The minimum absolute atomic E-state index is 0.711. The lowest BCUT2D eigenvalue weighted by atomic mass is 9.96. The Kier molecular flexibility index (Phi) is 4.63. The number of hydrogen-bond acceptors (Lipinski definition) is 3. The van der Waals surface area contributed by atoms with Crippen LogP contribution in [-0.4, -0.2) is 71.1 Å². The molecule has 4 atom stereocenters. The van der Waals surface area contributed by atoms with Gasteiger partial charge < -0.3 is 0 Å². The second kappa shape index (κ2) is 6.17. The van der Waals surface area contributed by atoms with Gasteiger partial charge in [0.25, 0.3) is 0 Å². The number of likely N-dealkylation sites (tertiary alicyclic amines) is 3. The predicted octanol–water partition coefficient (Wildman–Crippen LogP) is 2.66. The summed E-state index contributed by atoms with van der Waals surface area (Å²) in [6.07, 6.45) is 4.20. The van der Waals surface area contributed by atoms with Gasteiger partial charge in [-0.3, -0.25) is 14.7 Å². The molecule has 122 valence electrons. The van der Waals surface area contributed by atoms with Gasteiger partial charge in [-0.25, -0.2) is 0 Å². The summed E-state index contributed by atoms with van der Waals surface area (Å²) in [6.45, 7) is 17.3. The first kappa shape index (κ1) is 15.8.